The highest BCUT2D eigenvalue weighted by Gasteiger charge is 2.19. The number of fused-ring (bicyclic) bond motifs is 1. The smallest absolute Gasteiger partial charge is 0.267 e. The fourth-order valence-electron chi connectivity index (χ4n) is 2.31. The van der Waals surface area contributed by atoms with Crippen LogP contribution in [0.25, 0.3) is 16.6 Å². The lowest BCUT2D eigenvalue weighted by molar-refractivity contribution is 0.615. The largest absolute Gasteiger partial charge is 0.322 e. The molecule has 0 saturated heterocycles. The molecule has 0 aliphatic carbocycles. The minimum Gasteiger partial charge on any atom is -0.322 e. The maximum absolute atomic E-state index is 14.0. The van der Waals surface area contributed by atoms with Gasteiger partial charge < -0.3 is 5.73 Å². The van der Waals surface area contributed by atoms with Crippen molar-refractivity contribution in [2.75, 3.05) is 0 Å². The van der Waals surface area contributed by atoms with E-state index in [1.807, 2.05) is 0 Å². The van der Waals surface area contributed by atoms with Gasteiger partial charge in [-0.05, 0) is 35.0 Å². The number of hydrogen-bond acceptors (Lipinski definition) is 4. The fourth-order valence-corrected chi connectivity index (χ4v) is 2.80. The van der Waals surface area contributed by atoms with E-state index in [0.29, 0.717) is 4.47 Å². The molecule has 2 aromatic heterocycles. The Labute approximate surface area is 137 Å². The lowest BCUT2D eigenvalue weighted by atomic mass is 10.2. The molecule has 0 fully saturated rings. The monoisotopic (exact) mass is 380 g/mol. The Balaban J connectivity index is 2.50. The molecule has 0 spiro atoms. The average Bonchev–Trinajstić information content (AvgIpc) is 2.50. The van der Waals surface area contributed by atoms with Crippen molar-refractivity contribution in [3.8, 4) is 5.69 Å². The van der Waals surface area contributed by atoms with Crippen LogP contribution in [-0.4, -0.2) is 14.5 Å². The second-order valence-electron chi connectivity index (χ2n) is 5.01. The van der Waals surface area contributed by atoms with Crippen molar-refractivity contribution in [3.63, 3.8) is 0 Å². The molecule has 0 amide bonds. The number of halogens is 3. The third-order valence-corrected chi connectivity index (χ3v) is 3.97. The van der Waals surface area contributed by atoms with Crippen LogP contribution in [0.2, 0.25) is 0 Å². The molecule has 1 atom stereocenters. The summed E-state index contributed by atoms with van der Waals surface area (Å²) in [6.07, 6.45) is 2.33. The minimum atomic E-state index is -0.672. The van der Waals surface area contributed by atoms with Gasteiger partial charge in [-0.3, -0.25) is 14.3 Å². The van der Waals surface area contributed by atoms with E-state index in [0.717, 1.165) is 16.8 Å². The van der Waals surface area contributed by atoms with E-state index >= 15 is 0 Å². The number of hydrogen-bond donors (Lipinski definition) is 1. The zero-order valence-electron chi connectivity index (χ0n) is 11.9. The van der Waals surface area contributed by atoms with Gasteiger partial charge in [0, 0.05) is 10.5 Å². The third kappa shape index (κ3) is 2.64. The highest BCUT2D eigenvalue weighted by atomic mass is 79.9. The molecule has 0 aliphatic rings. The van der Waals surface area contributed by atoms with E-state index in [4.69, 9.17) is 5.73 Å². The fraction of sp³-hybridized carbons (Fsp3) is 0.133. The Morgan fingerprint density at radius 1 is 1.30 bits per heavy atom. The summed E-state index contributed by atoms with van der Waals surface area (Å²) >= 11 is 3.22. The molecule has 0 bridgehead atoms. The summed E-state index contributed by atoms with van der Waals surface area (Å²) in [7, 11) is 0. The number of aromatic nitrogens is 3. The summed E-state index contributed by atoms with van der Waals surface area (Å²) in [5, 5.41) is 0.0543. The van der Waals surface area contributed by atoms with Crippen molar-refractivity contribution in [2.24, 2.45) is 5.73 Å². The van der Waals surface area contributed by atoms with Crippen LogP contribution in [0.15, 0.2) is 39.9 Å². The van der Waals surface area contributed by atoms with E-state index in [1.165, 1.54) is 18.3 Å². The van der Waals surface area contributed by atoms with Gasteiger partial charge in [0.05, 0.1) is 29.5 Å². The second kappa shape index (κ2) is 5.78. The van der Waals surface area contributed by atoms with Crippen LogP contribution in [0.5, 0.6) is 0 Å². The molecule has 5 nitrogen and oxygen atoms in total. The first-order valence-electron chi connectivity index (χ1n) is 6.67. The Kier molecular flexibility index (Phi) is 3.95. The van der Waals surface area contributed by atoms with Crippen LogP contribution in [0.1, 0.15) is 18.8 Å². The van der Waals surface area contributed by atoms with E-state index in [-0.39, 0.29) is 22.4 Å². The number of nitrogens with two attached hydrogens (primary N) is 1. The second-order valence-corrected chi connectivity index (χ2v) is 5.87. The summed E-state index contributed by atoms with van der Waals surface area (Å²) in [5.74, 6) is -1.12. The van der Waals surface area contributed by atoms with Crippen LogP contribution >= 0.6 is 15.9 Å². The minimum absolute atomic E-state index is 0.0543. The van der Waals surface area contributed by atoms with E-state index < -0.39 is 23.2 Å². The van der Waals surface area contributed by atoms with Gasteiger partial charge in [0.25, 0.3) is 5.56 Å². The van der Waals surface area contributed by atoms with Crippen LogP contribution in [0, 0.1) is 11.6 Å². The van der Waals surface area contributed by atoms with Gasteiger partial charge in [0.1, 0.15) is 23.0 Å². The summed E-state index contributed by atoms with van der Waals surface area (Å²) < 4.78 is 29.1. The standard InChI is InChI=1S/C15H11BrF2N4O/c1-7(19)14-21-13-11(18)3-2-10(16)12(13)15(23)22(14)9-4-8(17)5-20-6-9/h2-7H,19H2,1H3. The predicted octanol–water partition coefficient (Wildman–Crippen LogP) is 2.84. The Morgan fingerprint density at radius 2 is 2.04 bits per heavy atom. The number of nitrogens with zero attached hydrogens (tertiary/aromatic N) is 3. The molecule has 8 heteroatoms. The maximum atomic E-state index is 14.0. The van der Waals surface area contributed by atoms with Crippen molar-refractivity contribution in [1.29, 1.82) is 0 Å². The quantitative estimate of drug-likeness (QED) is 0.741. The van der Waals surface area contributed by atoms with Crippen LogP contribution in [0.4, 0.5) is 8.78 Å². The third-order valence-electron chi connectivity index (χ3n) is 3.31. The average molecular weight is 381 g/mol. The molecular formula is C15H11BrF2N4O. The zero-order valence-corrected chi connectivity index (χ0v) is 13.5. The van der Waals surface area contributed by atoms with Crippen molar-refractivity contribution in [1.82, 2.24) is 14.5 Å². The first kappa shape index (κ1) is 15.7. The van der Waals surface area contributed by atoms with Crippen molar-refractivity contribution < 1.29 is 8.78 Å². The number of pyridine rings is 1. The molecule has 1 aromatic carbocycles. The molecule has 3 rings (SSSR count). The van der Waals surface area contributed by atoms with E-state index in [9.17, 15) is 13.6 Å². The first-order chi connectivity index (χ1) is 10.9. The van der Waals surface area contributed by atoms with Gasteiger partial charge in [-0.2, -0.15) is 0 Å². The molecular weight excluding hydrogens is 370 g/mol. The molecule has 1 unspecified atom stereocenters. The summed E-state index contributed by atoms with van der Waals surface area (Å²) in [4.78, 5) is 20.8. The SMILES string of the molecule is CC(N)c1nc2c(F)ccc(Br)c2c(=O)n1-c1cncc(F)c1. The van der Waals surface area contributed by atoms with Gasteiger partial charge in [0.2, 0.25) is 0 Å². The van der Waals surface area contributed by atoms with Crippen molar-refractivity contribution >= 4 is 26.8 Å². The maximum Gasteiger partial charge on any atom is 0.267 e. The number of rotatable bonds is 2. The lowest BCUT2D eigenvalue weighted by Crippen LogP contribution is -2.28. The van der Waals surface area contributed by atoms with Crippen LogP contribution < -0.4 is 11.3 Å². The molecule has 0 radical (unpaired) electrons. The molecule has 3 aromatic rings. The summed E-state index contributed by atoms with van der Waals surface area (Å²) in [6, 6.07) is 3.09. The van der Waals surface area contributed by atoms with Gasteiger partial charge >= 0.3 is 0 Å². The van der Waals surface area contributed by atoms with Gasteiger partial charge in [0.15, 0.2) is 0 Å². The number of benzene rings is 1. The van der Waals surface area contributed by atoms with E-state index in [1.54, 1.807) is 6.92 Å². The van der Waals surface area contributed by atoms with Gasteiger partial charge in [-0.15, -0.1) is 0 Å². The molecule has 23 heavy (non-hydrogen) atoms. The Morgan fingerprint density at radius 3 is 2.70 bits per heavy atom. The van der Waals surface area contributed by atoms with Gasteiger partial charge in [-0.1, -0.05) is 0 Å². The van der Waals surface area contributed by atoms with Crippen molar-refractivity contribution in [2.45, 2.75) is 13.0 Å². The lowest BCUT2D eigenvalue weighted by Gasteiger charge is -2.16. The molecule has 2 heterocycles. The Hall–Kier alpha value is -2.19. The molecule has 2 N–H and O–H groups in total. The predicted molar refractivity (Wildman–Crippen MR) is 85.4 cm³/mol. The molecule has 0 aliphatic heterocycles. The topological polar surface area (TPSA) is 73.8 Å². The van der Waals surface area contributed by atoms with Crippen LogP contribution in [-0.2, 0) is 0 Å². The summed E-state index contributed by atoms with van der Waals surface area (Å²) in [6.45, 7) is 1.60. The van der Waals surface area contributed by atoms with E-state index in [2.05, 4.69) is 25.9 Å². The normalized spacial score (nSPS) is 12.6. The van der Waals surface area contributed by atoms with Gasteiger partial charge in [-0.25, -0.2) is 13.8 Å². The highest BCUT2D eigenvalue weighted by molar-refractivity contribution is 9.10. The zero-order chi connectivity index (χ0) is 16.7. The first-order valence-corrected chi connectivity index (χ1v) is 7.46. The van der Waals surface area contributed by atoms with Crippen molar-refractivity contribution in [3.05, 3.63) is 62.9 Å². The molecule has 0 saturated carbocycles. The molecule has 118 valence electrons. The van der Waals surface area contributed by atoms with Crippen LogP contribution in [0.3, 0.4) is 0 Å². The Bertz CT molecular complexity index is 972. The highest BCUT2D eigenvalue weighted by Crippen LogP contribution is 2.24. The summed E-state index contributed by atoms with van der Waals surface area (Å²) in [5.41, 5.74) is 5.40.